The number of hydrazine groups is 1. The number of ether oxygens (including phenoxy) is 1. The minimum atomic E-state index is -0.0655. The second-order valence-electron chi connectivity index (χ2n) is 4.77. The molecule has 0 bridgehead atoms. The van der Waals surface area contributed by atoms with Gasteiger partial charge in [-0.25, -0.2) is 15.8 Å². The number of anilines is 1. The van der Waals surface area contributed by atoms with Crippen molar-refractivity contribution in [3.63, 3.8) is 0 Å². The Kier molecular flexibility index (Phi) is 4.91. The lowest BCUT2D eigenvalue weighted by molar-refractivity contribution is 0.0497. The molecule has 0 aliphatic heterocycles. The van der Waals surface area contributed by atoms with Crippen LogP contribution in [-0.2, 0) is 4.74 Å². The molecule has 2 heterocycles. The Labute approximate surface area is 123 Å². The minimum absolute atomic E-state index is 0.0655. The molecule has 2 aromatic rings. The fourth-order valence-corrected chi connectivity index (χ4v) is 3.30. The average molecular weight is 294 g/mol. The molecule has 0 aromatic carbocycles. The van der Waals surface area contributed by atoms with Crippen LogP contribution in [0.3, 0.4) is 0 Å². The van der Waals surface area contributed by atoms with Crippen molar-refractivity contribution in [2.75, 3.05) is 12.0 Å². The van der Waals surface area contributed by atoms with Crippen molar-refractivity contribution >= 4 is 27.4 Å². The average Bonchev–Trinajstić information content (AvgIpc) is 2.73. The summed E-state index contributed by atoms with van der Waals surface area (Å²) in [5.74, 6) is 7.04. The van der Waals surface area contributed by atoms with E-state index in [0.717, 1.165) is 28.9 Å². The number of nitrogens with two attached hydrogens (primary N) is 1. The number of rotatable bonds is 6. The summed E-state index contributed by atoms with van der Waals surface area (Å²) in [5, 5.41) is 1.02. The van der Waals surface area contributed by atoms with Gasteiger partial charge in [-0.1, -0.05) is 13.3 Å². The van der Waals surface area contributed by atoms with Crippen LogP contribution in [0.1, 0.15) is 49.1 Å². The normalized spacial score (nSPS) is 12.8. The summed E-state index contributed by atoms with van der Waals surface area (Å²) in [6.07, 6.45) is 1.87. The molecule has 2 rings (SSSR count). The predicted octanol–water partition coefficient (Wildman–Crippen LogP) is 3.47. The van der Waals surface area contributed by atoms with Crippen LogP contribution in [0.15, 0.2) is 0 Å². The lowest BCUT2D eigenvalue weighted by Gasteiger charge is -2.16. The fraction of sp³-hybridized carbons (Fsp3) is 0.571. The van der Waals surface area contributed by atoms with E-state index in [1.807, 2.05) is 6.92 Å². The van der Waals surface area contributed by atoms with Crippen molar-refractivity contribution in [2.24, 2.45) is 5.84 Å². The summed E-state index contributed by atoms with van der Waals surface area (Å²) >= 11 is 1.67. The van der Waals surface area contributed by atoms with Gasteiger partial charge in [0.25, 0.3) is 0 Å². The Morgan fingerprint density at radius 3 is 2.65 bits per heavy atom. The van der Waals surface area contributed by atoms with Crippen molar-refractivity contribution in [2.45, 2.75) is 46.6 Å². The topological polar surface area (TPSA) is 73.1 Å². The van der Waals surface area contributed by atoms with Gasteiger partial charge in [0.05, 0.1) is 5.39 Å². The molecule has 0 spiro atoms. The van der Waals surface area contributed by atoms with Gasteiger partial charge in [-0.05, 0) is 32.8 Å². The van der Waals surface area contributed by atoms with E-state index in [2.05, 4.69) is 36.2 Å². The number of nitrogens with one attached hydrogen (secondary N) is 1. The highest BCUT2D eigenvalue weighted by atomic mass is 32.1. The van der Waals surface area contributed by atoms with Crippen LogP contribution in [0.5, 0.6) is 0 Å². The zero-order valence-corrected chi connectivity index (χ0v) is 13.3. The maximum Gasteiger partial charge on any atom is 0.161 e. The first-order valence-corrected chi connectivity index (χ1v) is 7.79. The zero-order valence-electron chi connectivity index (χ0n) is 12.5. The van der Waals surface area contributed by atoms with E-state index in [1.54, 1.807) is 11.3 Å². The maximum atomic E-state index is 5.76. The smallest absolute Gasteiger partial charge is 0.161 e. The van der Waals surface area contributed by atoms with Crippen LogP contribution in [0.2, 0.25) is 0 Å². The van der Waals surface area contributed by atoms with Gasteiger partial charge in [0.1, 0.15) is 10.9 Å². The zero-order chi connectivity index (χ0) is 14.7. The molecule has 0 amide bonds. The molecule has 0 fully saturated rings. The molecule has 1 unspecified atom stereocenters. The van der Waals surface area contributed by atoms with E-state index in [9.17, 15) is 0 Å². The number of aryl methyl sites for hydroxylation is 2. The Morgan fingerprint density at radius 2 is 2.05 bits per heavy atom. The third-order valence-electron chi connectivity index (χ3n) is 3.39. The first kappa shape index (κ1) is 15.2. The van der Waals surface area contributed by atoms with Crippen LogP contribution in [-0.4, -0.2) is 16.6 Å². The molecular formula is C14H22N4OS. The molecule has 2 aromatic heterocycles. The summed E-state index contributed by atoms with van der Waals surface area (Å²) in [7, 11) is 0. The highest BCUT2D eigenvalue weighted by Gasteiger charge is 2.19. The molecule has 110 valence electrons. The molecule has 3 N–H and O–H groups in total. The van der Waals surface area contributed by atoms with Gasteiger partial charge in [0.2, 0.25) is 0 Å². The number of aromatic nitrogens is 2. The number of thiophene rings is 1. The Hall–Kier alpha value is -1.24. The third-order valence-corrected chi connectivity index (χ3v) is 4.49. The number of nitrogens with zero attached hydrogens (tertiary/aromatic N) is 2. The summed E-state index contributed by atoms with van der Waals surface area (Å²) in [6.45, 7) is 8.94. The maximum absolute atomic E-state index is 5.76. The van der Waals surface area contributed by atoms with Gasteiger partial charge < -0.3 is 10.2 Å². The van der Waals surface area contributed by atoms with E-state index in [0.29, 0.717) is 12.4 Å². The first-order chi connectivity index (χ1) is 9.62. The molecule has 0 saturated carbocycles. The standard InChI is InChI=1S/C14H22N4OS/c1-5-7-10(19-6-2)12-16-13(18-15)11-8(3)9(4)20-14(11)17-12/h10H,5-7,15H2,1-4H3,(H,16,17,18). The van der Waals surface area contributed by atoms with Crippen molar-refractivity contribution < 1.29 is 4.74 Å². The molecule has 5 nitrogen and oxygen atoms in total. The summed E-state index contributed by atoms with van der Waals surface area (Å²) in [5.41, 5.74) is 3.89. The van der Waals surface area contributed by atoms with E-state index >= 15 is 0 Å². The van der Waals surface area contributed by atoms with Crippen molar-refractivity contribution in [1.29, 1.82) is 0 Å². The molecule has 0 radical (unpaired) electrons. The predicted molar refractivity (Wildman–Crippen MR) is 84.0 cm³/mol. The number of fused-ring (bicyclic) bond motifs is 1. The van der Waals surface area contributed by atoms with Gasteiger partial charge in [-0.2, -0.15) is 0 Å². The van der Waals surface area contributed by atoms with Crippen molar-refractivity contribution in [3.8, 4) is 0 Å². The highest BCUT2D eigenvalue weighted by molar-refractivity contribution is 7.18. The van der Waals surface area contributed by atoms with Gasteiger partial charge in [-0.3, -0.25) is 0 Å². The summed E-state index contributed by atoms with van der Waals surface area (Å²) in [6, 6.07) is 0. The molecule has 20 heavy (non-hydrogen) atoms. The van der Waals surface area contributed by atoms with E-state index in [4.69, 9.17) is 10.6 Å². The SMILES string of the molecule is CCCC(OCC)c1nc(NN)c2c(C)c(C)sc2n1. The summed E-state index contributed by atoms with van der Waals surface area (Å²) < 4.78 is 5.76. The minimum Gasteiger partial charge on any atom is -0.371 e. The first-order valence-electron chi connectivity index (χ1n) is 6.98. The van der Waals surface area contributed by atoms with Crippen molar-refractivity contribution in [1.82, 2.24) is 9.97 Å². The van der Waals surface area contributed by atoms with E-state index < -0.39 is 0 Å². The van der Waals surface area contributed by atoms with Crippen LogP contribution in [0.25, 0.3) is 10.2 Å². The molecule has 1 atom stereocenters. The Balaban J connectivity index is 2.54. The third kappa shape index (κ3) is 2.77. The molecule has 0 saturated heterocycles. The number of nitrogen functional groups attached to an aromatic ring is 1. The quantitative estimate of drug-likeness (QED) is 0.630. The molecule has 0 aliphatic rings. The Morgan fingerprint density at radius 1 is 1.30 bits per heavy atom. The van der Waals surface area contributed by atoms with Gasteiger partial charge >= 0.3 is 0 Å². The number of hydrogen-bond donors (Lipinski definition) is 2. The molecule has 0 aliphatic carbocycles. The largest absolute Gasteiger partial charge is 0.371 e. The monoisotopic (exact) mass is 294 g/mol. The van der Waals surface area contributed by atoms with Gasteiger partial charge in [0.15, 0.2) is 11.6 Å². The van der Waals surface area contributed by atoms with Crippen LogP contribution in [0, 0.1) is 13.8 Å². The lowest BCUT2D eigenvalue weighted by Crippen LogP contribution is -2.14. The van der Waals surface area contributed by atoms with E-state index in [-0.39, 0.29) is 6.10 Å². The highest BCUT2D eigenvalue weighted by Crippen LogP contribution is 2.34. The van der Waals surface area contributed by atoms with Gasteiger partial charge in [-0.15, -0.1) is 11.3 Å². The van der Waals surface area contributed by atoms with Crippen molar-refractivity contribution in [3.05, 3.63) is 16.3 Å². The Bertz CT molecular complexity index is 590. The number of hydrogen-bond acceptors (Lipinski definition) is 6. The fourth-order valence-electron chi connectivity index (χ4n) is 2.26. The second-order valence-corrected chi connectivity index (χ2v) is 5.97. The molecule has 6 heteroatoms. The van der Waals surface area contributed by atoms with Gasteiger partial charge in [0, 0.05) is 11.5 Å². The van der Waals surface area contributed by atoms with Crippen LogP contribution < -0.4 is 11.3 Å². The second kappa shape index (κ2) is 6.47. The van der Waals surface area contributed by atoms with Crippen LogP contribution in [0.4, 0.5) is 5.82 Å². The van der Waals surface area contributed by atoms with Crippen LogP contribution >= 0.6 is 11.3 Å². The lowest BCUT2D eigenvalue weighted by atomic mass is 10.1. The summed E-state index contributed by atoms with van der Waals surface area (Å²) in [4.78, 5) is 11.5. The molecular weight excluding hydrogens is 272 g/mol. The van der Waals surface area contributed by atoms with E-state index in [1.165, 1.54) is 10.4 Å².